The first-order valence-corrected chi connectivity index (χ1v) is 11.9. The summed E-state index contributed by atoms with van der Waals surface area (Å²) in [6, 6.07) is 17.3. The lowest BCUT2D eigenvalue weighted by Crippen LogP contribution is -2.75. The highest BCUT2D eigenvalue weighted by Crippen LogP contribution is 2.92. The average molecular weight is 411 g/mol. The third-order valence-corrected chi connectivity index (χ3v) is 10.1. The highest BCUT2D eigenvalue weighted by atomic mass is 16.2. The van der Waals surface area contributed by atoms with Gasteiger partial charge in [-0.15, -0.1) is 0 Å². The van der Waals surface area contributed by atoms with Crippen molar-refractivity contribution < 1.29 is 9.59 Å². The van der Waals surface area contributed by atoms with Crippen molar-refractivity contribution >= 4 is 17.4 Å². The zero-order valence-corrected chi connectivity index (χ0v) is 17.5. The van der Waals surface area contributed by atoms with Gasteiger partial charge >= 0.3 is 0 Å². The molecule has 4 nitrogen and oxygen atoms in total. The number of hydrogen-bond acceptors (Lipinski definition) is 3. The van der Waals surface area contributed by atoms with Gasteiger partial charge in [-0.05, 0) is 65.2 Å². The van der Waals surface area contributed by atoms with Crippen LogP contribution in [0.5, 0.6) is 0 Å². The first-order valence-electron chi connectivity index (χ1n) is 11.9. The van der Waals surface area contributed by atoms with Gasteiger partial charge in [0.15, 0.2) is 0 Å². The van der Waals surface area contributed by atoms with Crippen LogP contribution in [-0.2, 0) is 29.1 Å². The zero-order chi connectivity index (χ0) is 20.5. The molecule has 2 aromatic carbocycles. The van der Waals surface area contributed by atoms with Crippen LogP contribution in [0.3, 0.4) is 0 Å². The van der Waals surface area contributed by atoms with Crippen LogP contribution < -0.4 is 10.2 Å². The Bertz CT molecular complexity index is 1160. The fraction of sp³-hybridized carbons (Fsp3) is 0.481. The van der Waals surface area contributed by atoms with Crippen LogP contribution in [0.15, 0.2) is 48.5 Å². The lowest BCUT2D eigenvalue weighted by Gasteiger charge is -2.70. The van der Waals surface area contributed by atoms with Crippen molar-refractivity contribution in [1.82, 2.24) is 5.32 Å². The minimum atomic E-state index is -0.298. The summed E-state index contributed by atoms with van der Waals surface area (Å²) < 4.78 is 0. The molecule has 1 heterocycles. The van der Waals surface area contributed by atoms with Crippen molar-refractivity contribution in [3.05, 3.63) is 65.2 Å². The van der Waals surface area contributed by atoms with Gasteiger partial charge in [-0.3, -0.25) is 9.59 Å². The van der Waals surface area contributed by atoms with Gasteiger partial charge in [0.1, 0.15) is 5.78 Å². The normalized spacial score (nSPS) is 41.4. The van der Waals surface area contributed by atoms with E-state index in [1.54, 1.807) is 0 Å². The quantitative estimate of drug-likeness (QED) is 0.824. The molecule has 1 amide bonds. The maximum atomic E-state index is 13.3. The van der Waals surface area contributed by atoms with Crippen molar-refractivity contribution in [2.24, 2.45) is 46.8 Å². The van der Waals surface area contributed by atoms with E-state index in [0.29, 0.717) is 41.9 Å². The summed E-state index contributed by atoms with van der Waals surface area (Å²) in [6.07, 6.45) is 2.35. The van der Waals surface area contributed by atoms with Crippen LogP contribution in [0.4, 0.5) is 5.69 Å². The van der Waals surface area contributed by atoms with E-state index < -0.39 is 0 Å². The SMILES string of the molecule is O=C1C2C3CC4C2C2(C(=O)NCc5ccc(CN6CCc7ccccc76)cc5)C1C3C42. The van der Waals surface area contributed by atoms with Crippen molar-refractivity contribution in [2.75, 3.05) is 11.4 Å². The Morgan fingerprint density at radius 2 is 1.84 bits per heavy atom. The van der Waals surface area contributed by atoms with E-state index in [0.717, 1.165) is 25.1 Å². The lowest BCUT2D eigenvalue weighted by atomic mass is 9.31. The number of carbonyl (C=O) groups excluding carboxylic acids is 2. The van der Waals surface area contributed by atoms with Gasteiger partial charge in [-0.2, -0.15) is 0 Å². The largest absolute Gasteiger partial charge is 0.367 e. The summed E-state index contributed by atoms with van der Waals surface area (Å²) in [7, 11) is 0. The summed E-state index contributed by atoms with van der Waals surface area (Å²) in [5, 5.41) is 3.23. The van der Waals surface area contributed by atoms with E-state index in [4.69, 9.17) is 0 Å². The zero-order valence-electron chi connectivity index (χ0n) is 17.5. The van der Waals surface area contributed by atoms with Gasteiger partial charge in [0.05, 0.1) is 5.41 Å². The minimum absolute atomic E-state index is 0.0713. The Hall–Kier alpha value is -2.62. The van der Waals surface area contributed by atoms with E-state index in [9.17, 15) is 9.59 Å². The summed E-state index contributed by atoms with van der Waals surface area (Å²) in [5.74, 6) is 3.73. The number of benzene rings is 2. The van der Waals surface area contributed by atoms with Crippen molar-refractivity contribution in [3.8, 4) is 0 Å². The Morgan fingerprint density at radius 1 is 1.03 bits per heavy atom. The van der Waals surface area contributed by atoms with Crippen molar-refractivity contribution in [2.45, 2.75) is 25.9 Å². The first kappa shape index (κ1) is 17.0. The summed E-state index contributed by atoms with van der Waals surface area (Å²) in [5.41, 5.74) is 4.93. The second-order valence-electron chi connectivity index (χ2n) is 10.8. The molecule has 156 valence electrons. The molecule has 1 aliphatic heterocycles. The standard InChI is InChI=1S/C27H26N2O2/c30-25-21-17-11-18-22-20(17)24(25)27(22,23(18)21)26(31)28-12-14-5-7-15(8-6-14)13-29-10-9-16-3-1-2-4-19(16)29/h1-8,17-18,20-24H,9-13H2,(H,28,31). The van der Waals surface area contributed by atoms with Crippen LogP contribution in [0.2, 0.25) is 0 Å². The maximum Gasteiger partial charge on any atom is 0.227 e. The molecule has 0 saturated heterocycles. The molecule has 4 bridgehead atoms. The Kier molecular flexibility index (Phi) is 2.96. The predicted octanol–water partition coefficient (Wildman–Crippen LogP) is 3.19. The van der Waals surface area contributed by atoms with Crippen LogP contribution in [0, 0.1) is 46.8 Å². The molecule has 8 atom stereocenters. The molecule has 6 fully saturated rings. The lowest BCUT2D eigenvalue weighted by molar-refractivity contribution is -0.248. The molecule has 1 N–H and O–H groups in total. The maximum absolute atomic E-state index is 13.3. The summed E-state index contributed by atoms with van der Waals surface area (Å²) in [4.78, 5) is 28.4. The fourth-order valence-electron chi connectivity index (χ4n) is 9.31. The topological polar surface area (TPSA) is 49.4 Å². The molecule has 31 heavy (non-hydrogen) atoms. The van der Waals surface area contributed by atoms with Crippen LogP contribution in [0.25, 0.3) is 0 Å². The second kappa shape index (κ2) is 5.40. The van der Waals surface area contributed by atoms with E-state index >= 15 is 0 Å². The second-order valence-corrected chi connectivity index (χ2v) is 10.8. The van der Waals surface area contributed by atoms with Gasteiger partial charge in [-0.1, -0.05) is 42.5 Å². The number of amides is 1. The molecule has 6 saturated carbocycles. The van der Waals surface area contributed by atoms with Gasteiger partial charge in [-0.25, -0.2) is 0 Å². The molecule has 8 unspecified atom stereocenters. The number of nitrogens with zero attached hydrogens (tertiary/aromatic N) is 1. The molecule has 9 rings (SSSR count). The van der Waals surface area contributed by atoms with E-state index in [2.05, 4.69) is 58.7 Å². The van der Waals surface area contributed by atoms with Crippen LogP contribution in [0.1, 0.15) is 23.1 Å². The van der Waals surface area contributed by atoms with Crippen LogP contribution >= 0.6 is 0 Å². The molecule has 6 aliphatic carbocycles. The van der Waals surface area contributed by atoms with Gasteiger partial charge in [0, 0.05) is 37.2 Å². The number of nitrogens with one attached hydrogen (secondary N) is 1. The van der Waals surface area contributed by atoms with E-state index in [1.165, 1.54) is 23.2 Å². The number of fused-ring (bicyclic) bond motifs is 1. The van der Waals surface area contributed by atoms with Gasteiger partial charge < -0.3 is 10.2 Å². The van der Waals surface area contributed by atoms with Crippen LogP contribution in [-0.4, -0.2) is 18.2 Å². The van der Waals surface area contributed by atoms with Crippen molar-refractivity contribution in [1.29, 1.82) is 0 Å². The molecule has 0 spiro atoms. The third kappa shape index (κ3) is 1.75. The number of para-hydroxylation sites is 1. The van der Waals surface area contributed by atoms with Gasteiger partial charge in [0.25, 0.3) is 0 Å². The minimum Gasteiger partial charge on any atom is -0.367 e. The molecule has 4 heteroatoms. The first-order chi connectivity index (χ1) is 15.2. The Labute approximate surface area is 182 Å². The smallest absolute Gasteiger partial charge is 0.227 e. The molecular formula is C27H26N2O2. The Balaban J connectivity index is 0.946. The van der Waals surface area contributed by atoms with Gasteiger partial charge in [0.2, 0.25) is 5.91 Å². The van der Waals surface area contributed by atoms with E-state index in [-0.39, 0.29) is 23.2 Å². The third-order valence-electron chi connectivity index (χ3n) is 10.1. The number of hydrogen-bond donors (Lipinski definition) is 1. The molecule has 2 aromatic rings. The highest BCUT2D eigenvalue weighted by Gasteiger charge is 2.96. The fourth-order valence-corrected chi connectivity index (χ4v) is 9.31. The molecule has 0 aromatic heterocycles. The molecule has 0 radical (unpaired) electrons. The molecular weight excluding hydrogens is 384 g/mol. The molecule has 7 aliphatic rings. The number of rotatable bonds is 5. The average Bonchev–Trinajstić information content (AvgIpc) is 3.45. The number of anilines is 1. The van der Waals surface area contributed by atoms with Crippen molar-refractivity contribution in [3.63, 3.8) is 0 Å². The number of ketones is 1. The summed E-state index contributed by atoms with van der Waals surface area (Å²) in [6.45, 7) is 2.56. The summed E-state index contributed by atoms with van der Waals surface area (Å²) >= 11 is 0. The Morgan fingerprint density at radius 3 is 2.68 bits per heavy atom. The van der Waals surface area contributed by atoms with E-state index in [1.807, 2.05) is 0 Å². The number of carbonyl (C=O) groups is 2. The number of Topliss-reactive ketones (excluding diaryl/α,β-unsaturated/α-hetero) is 1. The monoisotopic (exact) mass is 410 g/mol. The highest BCUT2D eigenvalue weighted by molar-refractivity contribution is 6.04. The predicted molar refractivity (Wildman–Crippen MR) is 116 cm³/mol.